The van der Waals surface area contributed by atoms with Crippen molar-refractivity contribution in [2.75, 3.05) is 13.1 Å². The van der Waals surface area contributed by atoms with Crippen molar-refractivity contribution in [2.24, 2.45) is 11.8 Å². The number of halogens is 1. The maximum absolute atomic E-state index is 10.7. The van der Waals surface area contributed by atoms with E-state index in [4.69, 9.17) is 11.6 Å². The number of piperidine rings is 1. The van der Waals surface area contributed by atoms with Crippen LogP contribution >= 0.6 is 11.6 Å². The first-order valence-corrected chi connectivity index (χ1v) is 4.09. The van der Waals surface area contributed by atoms with Gasteiger partial charge in [0.15, 0.2) is 0 Å². The van der Waals surface area contributed by atoms with Gasteiger partial charge in [0.25, 0.3) is 0 Å². The van der Waals surface area contributed by atoms with Gasteiger partial charge in [-0.15, -0.1) is 0 Å². The summed E-state index contributed by atoms with van der Waals surface area (Å²) in [4.78, 5) is 12.4. The van der Waals surface area contributed by atoms with Gasteiger partial charge in [0.1, 0.15) is 0 Å². The molecule has 1 saturated heterocycles. The van der Waals surface area contributed by atoms with Crippen molar-refractivity contribution < 1.29 is 4.79 Å². The molecule has 2 aliphatic rings. The minimum Gasteiger partial charge on any atom is -0.329 e. The maximum atomic E-state index is 10.7. The molecule has 0 aromatic carbocycles. The molecule has 56 valence electrons. The number of nitrogens with zero attached hydrogens (tertiary/aromatic N) is 1. The van der Waals surface area contributed by atoms with Crippen LogP contribution in [-0.2, 0) is 0 Å². The molecule has 0 aromatic rings. The van der Waals surface area contributed by atoms with Crippen LogP contribution in [0.4, 0.5) is 4.79 Å². The van der Waals surface area contributed by atoms with Crippen LogP contribution in [0, 0.1) is 11.8 Å². The van der Waals surface area contributed by atoms with Crippen LogP contribution < -0.4 is 0 Å². The molecule has 2 nitrogen and oxygen atoms in total. The average Bonchev–Trinajstić information content (AvgIpc) is 2.63. The zero-order valence-electron chi connectivity index (χ0n) is 5.72. The molecule has 2 unspecified atom stereocenters. The minimum absolute atomic E-state index is 0.273. The number of carbonyl (C=O) groups excluding carboxylic acids is 1. The van der Waals surface area contributed by atoms with E-state index in [-0.39, 0.29) is 5.37 Å². The number of likely N-dealkylation sites (tertiary alicyclic amines) is 1. The van der Waals surface area contributed by atoms with Crippen molar-refractivity contribution in [3.8, 4) is 0 Å². The minimum atomic E-state index is -0.273. The number of carbonyl (C=O) groups is 1. The zero-order chi connectivity index (χ0) is 7.14. The Bertz CT molecular complexity index is 171. The Balaban J connectivity index is 1.94. The largest absolute Gasteiger partial charge is 0.329 e. The highest BCUT2D eigenvalue weighted by molar-refractivity contribution is 6.62. The van der Waals surface area contributed by atoms with Crippen molar-refractivity contribution in [3.05, 3.63) is 0 Å². The van der Waals surface area contributed by atoms with Crippen molar-refractivity contribution in [3.63, 3.8) is 0 Å². The third-order valence-electron chi connectivity index (χ3n) is 2.54. The van der Waals surface area contributed by atoms with Gasteiger partial charge < -0.3 is 4.90 Å². The average molecular weight is 160 g/mol. The van der Waals surface area contributed by atoms with E-state index in [1.165, 1.54) is 12.8 Å². The van der Waals surface area contributed by atoms with Crippen LogP contribution in [-0.4, -0.2) is 23.4 Å². The van der Waals surface area contributed by atoms with E-state index in [0.717, 1.165) is 24.9 Å². The van der Waals surface area contributed by atoms with Crippen molar-refractivity contribution >= 4 is 17.0 Å². The van der Waals surface area contributed by atoms with Crippen LogP contribution in [0.3, 0.4) is 0 Å². The highest BCUT2D eigenvalue weighted by atomic mass is 35.5. The molecule has 0 bridgehead atoms. The summed E-state index contributed by atoms with van der Waals surface area (Å²) < 4.78 is 0. The highest BCUT2D eigenvalue weighted by Crippen LogP contribution is 2.44. The zero-order valence-corrected chi connectivity index (χ0v) is 6.47. The van der Waals surface area contributed by atoms with Crippen LogP contribution in [0.15, 0.2) is 0 Å². The van der Waals surface area contributed by atoms with Gasteiger partial charge >= 0.3 is 5.37 Å². The molecule has 0 N–H and O–H groups in total. The second kappa shape index (κ2) is 2.12. The van der Waals surface area contributed by atoms with Crippen molar-refractivity contribution in [1.82, 2.24) is 4.90 Å². The molecular formula is C7H10ClNO. The Morgan fingerprint density at radius 3 is 2.90 bits per heavy atom. The van der Waals surface area contributed by atoms with Crippen molar-refractivity contribution in [2.45, 2.75) is 12.8 Å². The van der Waals surface area contributed by atoms with Gasteiger partial charge in [-0.2, -0.15) is 0 Å². The summed E-state index contributed by atoms with van der Waals surface area (Å²) in [7, 11) is 0. The first-order chi connectivity index (χ1) is 4.77. The van der Waals surface area contributed by atoms with E-state index in [0.29, 0.717) is 0 Å². The molecular weight excluding hydrogens is 150 g/mol. The van der Waals surface area contributed by atoms with E-state index in [1.807, 2.05) is 0 Å². The normalized spacial score (nSPS) is 37.1. The van der Waals surface area contributed by atoms with E-state index in [9.17, 15) is 4.79 Å². The molecule has 0 radical (unpaired) electrons. The SMILES string of the molecule is O=C(Cl)N1CCC2CC2C1. The van der Waals surface area contributed by atoms with E-state index in [2.05, 4.69) is 0 Å². The lowest BCUT2D eigenvalue weighted by molar-refractivity contribution is 0.207. The van der Waals surface area contributed by atoms with Gasteiger partial charge in [-0.3, -0.25) is 4.79 Å². The Morgan fingerprint density at radius 1 is 1.50 bits per heavy atom. The van der Waals surface area contributed by atoms with Gasteiger partial charge in [0.2, 0.25) is 0 Å². The molecule has 2 rings (SSSR count). The molecule has 10 heavy (non-hydrogen) atoms. The molecule has 0 spiro atoms. The molecule has 1 aliphatic heterocycles. The molecule has 1 amide bonds. The molecule has 1 heterocycles. The monoisotopic (exact) mass is 159 g/mol. The lowest BCUT2D eigenvalue weighted by atomic mass is 10.1. The van der Waals surface area contributed by atoms with E-state index < -0.39 is 0 Å². The van der Waals surface area contributed by atoms with Crippen molar-refractivity contribution in [1.29, 1.82) is 0 Å². The Hall–Kier alpha value is -0.240. The first kappa shape index (κ1) is 6.47. The summed E-state index contributed by atoms with van der Waals surface area (Å²) in [5, 5.41) is -0.273. The number of fused-ring (bicyclic) bond motifs is 1. The third kappa shape index (κ3) is 1.01. The Kier molecular flexibility index (Phi) is 1.37. The van der Waals surface area contributed by atoms with E-state index >= 15 is 0 Å². The second-order valence-electron chi connectivity index (χ2n) is 3.24. The summed E-state index contributed by atoms with van der Waals surface area (Å²) in [5.41, 5.74) is 0. The van der Waals surface area contributed by atoms with Gasteiger partial charge in [-0.1, -0.05) is 0 Å². The van der Waals surface area contributed by atoms with Gasteiger partial charge in [-0.05, 0) is 36.3 Å². The number of hydrogen-bond acceptors (Lipinski definition) is 1. The summed E-state index contributed by atoms with van der Waals surface area (Å²) in [6, 6.07) is 0. The molecule has 3 heteroatoms. The van der Waals surface area contributed by atoms with Crippen LogP contribution in [0.2, 0.25) is 0 Å². The predicted molar refractivity (Wildman–Crippen MR) is 39.0 cm³/mol. The number of amides is 1. The molecule has 2 fully saturated rings. The number of rotatable bonds is 0. The fourth-order valence-electron chi connectivity index (χ4n) is 1.74. The second-order valence-corrected chi connectivity index (χ2v) is 3.57. The predicted octanol–water partition coefficient (Wildman–Crippen LogP) is 1.69. The van der Waals surface area contributed by atoms with Crippen LogP contribution in [0.5, 0.6) is 0 Å². The van der Waals surface area contributed by atoms with Crippen LogP contribution in [0.1, 0.15) is 12.8 Å². The summed E-state index contributed by atoms with van der Waals surface area (Å²) in [6.07, 6.45) is 2.49. The van der Waals surface area contributed by atoms with E-state index in [1.54, 1.807) is 4.90 Å². The van der Waals surface area contributed by atoms with Gasteiger partial charge in [0.05, 0.1) is 0 Å². The highest BCUT2D eigenvalue weighted by Gasteiger charge is 2.42. The summed E-state index contributed by atoms with van der Waals surface area (Å²) in [5.74, 6) is 1.71. The number of hydrogen-bond donors (Lipinski definition) is 0. The molecule has 0 aromatic heterocycles. The van der Waals surface area contributed by atoms with Crippen LogP contribution in [0.25, 0.3) is 0 Å². The lowest BCUT2D eigenvalue weighted by Crippen LogP contribution is -2.33. The summed E-state index contributed by atoms with van der Waals surface area (Å²) >= 11 is 5.33. The first-order valence-electron chi connectivity index (χ1n) is 3.72. The molecule has 2 atom stereocenters. The third-order valence-corrected chi connectivity index (χ3v) is 2.78. The molecule has 1 aliphatic carbocycles. The standard InChI is InChI=1S/C7H10ClNO/c8-7(10)9-2-1-5-3-6(5)4-9/h5-6H,1-4H2. The topological polar surface area (TPSA) is 20.3 Å². The fourth-order valence-corrected chi connectivity index (χ4v) is 1.90. The lowest BCUT2D eigenvalue weighted by Gasteiger charge is -2.23. The van der Waals surface area contributed by atoms with Gasteiger partial charge in [0, 0.05) is 13.1 Å². The quantitative estimate of drug-likeness (QED) is 0.389. The van der Waals surface area contributed by atoms with Gasteiger partial charge in [-0.25, -0.2) is 0 Å². The maximum Gasteiger partial charge on any atom is 0.316 e. The molecule has 1 saturated carbocycles. The fraction of sp³-hybridized carbons (Fsp3) is 0.857. The Labute approximate surface area is 65.1 Å². The summed E-state index contributed by atoms with van der Waals surface area (Å²) in [6.45, 7) is 1.79. The smallest absolute Gasteiger partial charge is 0.316 e. The Morgan fingerprint density at radius 2 is 2.30 bits per heavy atom.